The highest BCUT2D eigenvalue weighted by Gasteiger charge is 2.00. The molecule has 1 N–H and O–H groups in total. The van der Waals surface area contributed by atoms with Crippen molar-refractivity contribution in [3.05, 3.63) is 84.5 Å². The molecule has 0 saturated heterocycles. The summed E-state index contributed by atoms with van der Waals surface area (Å²) in [4.78, 5) is 16.0. The monoisotopic (exact) mass is 304 g/mol. The number of rotatable bonds is 5. The number of anilines is 1. The van der Waals surface area contributed by atoms with Crippen LogP contribution in [0.15, 0.2) is 73.2 Å². The molecule has 1 amide bonds. The summed E-state index contributed by atoms with van der Waals surface area (Å²) < 4.78 is 1.85. The molecule has 2 aromatic heterocycles. The zero-order chi connectivity index (χ0) is 15.9. The van der Waals surface area contributed by atoms with Crippen molar-refractivity contribution in [1.29, 1.82) is 0 Å². The molecule has 0 aliphatic heterocycles. The molecule has 3 aromatic rings. The number of hydrogen-bond donors (Lipinski definition) is 1. The van der Waals surface area contributed by atoms with Crippen LogP contribution in [0.5, 0.6) is 0 Å². The van der Waals surface area contributed by atoms with Gasteiger partial charge in [-0.15, -0.1) is 0 Å². The second-order valence-corrected chi connectivity index (χ2v) is 4.98. The molecule has 0 saturated carbocycles. The van der Waals surface area contributed by atoms with Crippen LogP contribution < -0.4 is 5.32 Å². The highest BCUT2D eigenvalue weighted by atomic mass is 16.1. The van der Waals surface area contributed by atoms with Gasteiger partial charge in [-0.05, 0) is 42.0 Å². The molecule has 0 fully saturated rings. The van der Waals surface area contributed by atoms with Crippen LogP contribution >= 0.6 is 0 Å². The second-order valence-electron chi connectivity index (χ2n) is 4.98. The van der Waals surface area contributed by atoms with Crippen molar-refractivity contribution in [2.75, 3.05) is 5.32 Å². The maximum atomic E-state index is 11.9. The van der Waals surface area contributed by atoms with Crippen molar-refractivity contribution >= 4 is 17.7 Å². The molecule has 23 heavy (non-hydrogen) atoms. The Balaban J connectivity index is 1.57. The average Bonchev–Trinajstić information content (AvgIpc) is 3.09. The lowest BCUT2D eigenvalue weighted by atomic mass is 10.2. The lowest BCUT2D eigenvalue weighted by Crippen LogP contribution is -2.08. The van der Waals surface area contributed by atoms with Crippen molar-refractivity contribution in [3.8, 4) is 0 Å². The van der Waals surface area contributed by atoms with E-state index in [0.717, 1.165) is 16.9 Å². The third kappa shape index (κ3) is 4.38. The number of nitrogens with one attached hydrogen (secondary N) is 1. The predicted molar refractivity (Wildman–Crippen MR) is 89.7 cm³/mol. The smallest absolute Gasteiger partial charge is 0.248 e. The van der Waals surface area contributed by atoms with Crippen LogP contribution in [-0.2, 0) is 11.3 Å². The van der Waals surface area contributed by atoms with E-state index >= 15 is 0 Å². The molecule has 0 spiro atoms. The Morgan fingerprint density at radius 2 is 1.96 bits per heavy atom. The summed E-state index contributed by atoms with van der Waals surface area (Å²) in [6, 6.07) is 15.2. The lowest BCUT2D eigenvalue weighted by molar-refractivity contribution is -0.111. The Morgan fingerprint density at radius 1 is 1.09 bits per heavy atom. The zero-order valence-electron chi connectivity index (χ0n) is 12.5. The number of benzene rings is 1. The SMILES string of the molecule is O=C(/C=C\c1ccccn1)Nc1ccc(Cn2cccn2)cc1. The first kappa shape index (κ1) is 14.7. The van der Waals surface area contributed by atoms with Crippen molar-refractivity contribution in [1.82, 2.24) is 14.8 Å². The maximum absolute atomic E-state index is 11.9. The summed E-state index contributed by atoms with van der Waals surface area (Å²) in [5, 5.41) is 6.99. The fraction of sp³-hybridized carbons (Fsp3) is 0.0556. The summed E-state index contributed by atoms with van der Waals surface area (Å²) in [6.07, 6.45) is 8.51. The zero-order valence-corrected chi connectivity index (χ0v) is 12.5. The van der Waals surface area contributed by atoms with Crippen molar-refractivity contribution < 1.29 is 4.79 Å². The normalized spacial score (nSPS) is 10.8. The summed E-state index contributed by atoms with van der Waals surface area (Å²) in [5.41, 5.74) is 2.62. The van der Waals surface area contributed by atoms with Gasteiger partial charge in [0.15, 0.2) is 0 Å². The van der Waals surface area contributed by atoms with Gasteiger partial charge in [-0.1, -0.05) is 18.2 Å². The number of hydrogen-bond acceptors (Lipinski definition) is 3. The van der Waals surface area contributed by atoms with Crippen LogP contribution in [0.2, 0.25) is 0 Å². The highest BCUT2D eigenvalue weighted by Crippen LogP contribution is 2.11. The molecule has 0 unspecified atom stereocenters. The molecular weight excluding hydrogens is 288 g/mol. The number of nitrogens with zero attached hydrogens (tertiary/aromatic N) is 3. The Bertz CT molecular complexity index is 778. The molecule has 5 nitrogen and oxygen atoms in total. The molecular formula is C18H16N4O. The van der Waals surface area contributed by atoms with E-state index in [1.165, 1.54) is 6.08 Å². The van der Waals surface area contributed by atoms with Gasteiger partial charge in [0.1, 0.15) is 0 Å². The van der Waals surface area contributed by atoms with Crippen molar-refractivity contribution in [2.24, 2.45) is 0 Å². The Hall–Kier alpha value is -3.21. The van der Waals surface area contributed by atoms with Gasteiger partial charge in [0, 0.05) is 30.4 Å². The molecule has 0 radical (unpaired) electrons. The van der Waals surface area contributed by atoms with E-state index in [9.17, 15) is 4.79 Å². The summed E-state index contributed by atoms with van der Waals surface area (Å²) in [7, 11) is 0. The second kappa shape index (κ2) is 7.17. The first-order valence-electron chi connectivity index (χ1n) is 7.26. The number of pyridine rings is 1. The van der Waals surface area contributed by atoms with Crippen LogP contribution in [0.1, 0.15) is 11.3 Å². The minimum atomic E-state index is -0.185. The first-order valence-corrected chi connectivity index (χ1v) is 7.26. The van der Waals surface area contributed by atoms with Gasteiger partial charge in [0.25, 0.3) is 0 Å². The summed E-state index contributed by atoms with van der Waals surface area (Å²) in [6.45, 7) is 0.709. The first-order chi connectivity index (χ1) is 11.3. The average molecular weight is 304 g/mol. The van der Waals surface area contributed by atoms with Crippen LogP contribution in [0.3, 0.4) is 0 Å². The Morgan fingerprint density at radius 3 is 2.65 bits per heavy atom. The minimum absolute atomic E-state index is 0.185. The van der Waals surface area contributed by atoms with Crippen LogP contribution in [0.25, 0.3) is 6.08 Å². The molecule has 0 atom stereocenters. The van der Waals surface area contributed by atoms with Gasteiger partial charge in [-0.2, -0.15) is 5.10 Å². The van der Waals surface area contributed by atoms with Crippen LogP contribution in [-0.4, -0.2) is 20.7 Å². The topological polar surface area (TPSA) is 59.8 Å². The van der Waals surface area contributed by atoms with E-state index < -0.39 is 0 Å². The van der Waals surface area contributed by atoms with Crippen LogP contribution in [0.4, 0.5) is 5.69 Å². The molecule has 114 valence electrons. The van der Waals surface area contributed by atoms with Gasteiger partial charge >= 0.3 is 0 Å². The third-order valence-corrected chi connectivity index (χ3v) is 3.22. The van der Waals surface area contributed by atoms with Gasteiger partial charge < -0.3 is 5.32 Å². The maximum Gasteiger partial charge on any atom is 0.248 e. The van der Waals surface area contributed by atoms with Gasteiger partial charge in [-0.3, -0.25) is 14.5 Å². The molecule has 3 rings (SSSR count). The Kier molecular flexibility index (Phi) is 4.59. The fourth-order valence-corrected chi connectivity index (χ4v) is 2.09. The van der Waals surface area contributed by atoms with Crippen molar-refractivity contribution in [2.45, 2.75) is 6.54 Å². The molecule has 0 aliphatic rings. The van der Waals surface area contributed by atoms with E-state index in [-0.39, 0.29) is 5.91 Å². The summed E-state index contributed by atoms with van der Waals surface area (Å²) in [5.74, 6) is -0.185. The minimum Gasteiger partial charge on any atom is -0.323 e. The van der Waals surface area contributed by atoms with Crippen molar-refractivity contribution in [3.63, 3.8) is 0 Å². The van der Waals surface area contributed by atoms with Gasteiger partial charge in [0.2, 0.25) is 5.91 Å². The lowest BCUT2D eigenvalue weighted by Gasteiger charge is -2.05. The number of amides is 1. The molecule has 0 aliphatic carbocycles. The molecule has 0 bridgehead atoms. The van der Waals surface area contributed by atoms with E-state index in [0.29, 0.717) is 6.54 Å². The number of aromatic nitrogens is 3. The number of carbonyl (C=O) groups excluding carboxylic acids is 1. The molecule has 5 heteroatoms. The van der Waals surface area contributed by atoms with Gasteiger partial charge in [-0.25, -0.2) is 0 Å². The number of carbonyl (C=O) groups is 1. The van der Waals surface area contributed by atoms with Gasteiger partial charge in [0.05, 0.1) is 12.2 Å². The quantitative estimate of drug-likeness (QED) is 0.737. The van der Waals surface area contributed by atoms with E-state index in [1.807, 2.05) is 59.4 Å². The Labute approximate surface area is 134 Å². The standard InChI is InChI=1S/C18H16N4O/c23-18(10-9-16-4-1-2-11-19-16)21-17-7-5-15(6-8-17)14-22-13-3-12-20-22/h1-13H,14H2,(H,21,23)/b10-9-. The van der Waals surface area contributed by atoms with E-state index in [2.05, 4.69) is 15.4 Å². The summed E-state index contributed by atoms with van der Waals surface area (Å²) >= 11 is 0. The fourth-order valence-electron chi connectivity index (χ4n) is 2.09. The largest absolute Gasteiger partial charge is 0.323 e. The van der Waals surface area contributed by atoms with E-state index in [1.54, 1.807) is 18.5 Å². The van der Waals surface area contributed by atoms with E-state index in [4.69, 9.17) is 0 Å². The van der Waals surface area contributed by atoms with Crippen LogP contribution in [0, 0.1) is 0 Å². The molecule has 1 aromatic carbocycles. The molecule has 2 heterocycles. The highest BCUT2D eigenvalue weighted by molar-refractivity contribution is 6.01. The third-order valence-electron chi connectivity index (χ3n) is 3.22. The predicted octanol–water partition coefficient (Wildman–Crippen LogP) is 2.98.